The molecule has 14 heavy (non-hydrogen) atoms. The number of Topliss-reactive ketones (excluding diaryl/α,β-unsaturated/α-hetero) is 1. The number of hydrogen-bond donors (Lipinski definition) is 0. The van der Waals surface area contributed by atoms with Crippen LogP contribution in [0.5, 0.6) is 0 Å². The van der Waals surface area contributed by atoms with Gasteiger partial charge in [0.25, 0.3) is 0 Å². The van der Waals surface area contributed by atoms with E-state index in [4.69, 9.17) is 0 Å². The minimum absolute atomic E-state index is 0.260. The maximum absolute atomic E-state index is 11.7. The molecule has 1 fully saturated rings. The number of hydrogen-bond acceptors (Lipinski definition) is 4. The quantitative estimate of drug-likeness (QED) is 0.675. The molecule has 0 saturated carbocycles. The molecule has 0 N–H and O–H groups in total. The number of ketones is 1. The van der Waals surface area contributed by atoms with E-state index in [2.05, 4.69) is 4.90 Å². The van der Waals surface area contributed by atoms with Gasteiger partial charge >= 0.3 is 0 Å². The summed E-state index contributed by atoms with van der Waals surface area (Å²) in [7, 11) is -1.20. The van der Waals surface area contributed by atoms with Gasteiger partial charge in [-0.2, -0.15) is 0 Å². The van der Waals surface area contributed by atoms with Crippen molar-refractivity contribution in [1.82, 2.24) is 4.90 Å². The number of rotatable bonds is 3. The maximum Gasteiger partial charge on any atom is 0.160 e. The van der Waals surface area contributed by atoms with Crippen LogP contribution in [0.3, 0.4) is 0 Å². The van der Waals surface area contributed by atoms with E-state index in [1.807, 2.05) is 7.05 Å². The molecule has 0 bridgehead atoms. The topological polar surface area (TPSA) is 54.5 Å². The van der Waals surface area contributed by atoms with E-state index >= 15 is 0 Å². The molecule has 1 rings (SSSR count). The molecule has 5 heteroatoms. The third-order valence-corrected chi connectivity index (χ3v) is 4.87. The van der Waals surface area contributed by atoms with Crippen molar-refractivity contribution in [3.05, 3.63) is 0 Å². The molecule has 4 nitrogen and oxygen atoms in total. The van der Waals surface area contributed by atoms with Crippen molar-refractivity contribution in [3.63, 3.8) is 0 Å². The van der Waals surface area contributed by atoms with E-state index in [1.54, 1.807) is 0 Å². The molecule has 0 unspecified atom stereocenters. The predicted molar refractivity (Wildman–Crippen MR) is 55.0 cm³/mol. The van der Waals surface area contributed by atoms with Gasteiger partial charge in [-0.3, -0.25) is 4.79 Å². The van der Waals surface area contributed by atoms with Crippen LogP contribution >= 0.6 is 0 Å². The van der Waals surface area contributed by atoms with Crippen molar-refractivity contribution in [2.45, 2.75) is 25.0 Å². The zero-order valence-corrected chi connectivity index (χ0v) is 9.51. The van der Waals surface area contributed by atoms with Crippen LogP contribution in [0.25, 0.3) is 0 Å². The molecule has 0 spiro atoms. The Kier molecular flexibility index (Phi) is 3.66. The van der Waals surface area contributed by atoms with Crippen LogP contribution in [-0.4, -0.2) is 50.2 Å². The van der Waals surface area contributed by atoms with Crippen LogP contribution in [0.2, 0.25) is 0 Å². The molecular weight excluding hydrogens is 202 g/mol. The molecule has 0 radical (unpaired) electrons. The Balaban J connectivity index is 2.60. The molecule has 1 heterocycles. The van der Waals surface area contributed by atoms with Crippen LogP contribution in [0.15, 0.2) is 0 Å². The first-order valence-corrected chi connectivity index (χ1v) is 6.53. The summed E-state index contributed by atoms with van der Waals surface area (Å²) in [5.74, 6) is -0.551. The highest BCUT2D eigenvalue weighted by Gasteiger charge is 2.29. The molecule has 0 aromatic heterocycles. The largest absolute Gasteiger partial charge is 0.306 e. The van der Waals surface area contributed by atoms with Gasteiger partial charge in [0.2, 0.25) is 0 Å². The van der Waals surface area contributed by atoms with Crippen molar-refractivity contribution >= 4 is 15.6 Å². The summed E-state index contributed by atoms with van der Waals surface area (Å²) in [5.41, 5.74) is 0. The minimum atomic E-state index is -3.18. The van der Waals surface area contributed by atoms with E-state index in [0.29, 0.717) is 12.8 Å². The Hall–Kier alpha value is -0.420. The smallest absolute Gasteiger partial charge is 0.160 e. The zero-order valence-electron chi connectivity index (χ0n) is 8.69. The van der Waals surface area contributed by atoms with Gasteiger partial charge in [-0.05, 0) is 39.9 Å². The molecule has 1 aliphatic heterocycles. The second-order valence-electron chi connectivity index (χ2n) is 4.01. The van der Waals surface area contributed by atoms with Crippen LogP contribution in [0.1, 0.15) is 19.8 Å². The average Bonchev–Trinajstić information content (AvgIpc) is 2.02. The van der Waals surface area contributed by atoms with E-state index in [9.17, 15) is 13.2 Å². The first-order valence-electron chi connectivity index (χ1n) is 4.81. The van der Waals surface area contributed by atoms with Crippen molar-refractivity contribution < 1.29 is 13.2 Å². The molecule has 0 amide bonds. The second-order valence-corrected chi connectivity index (χ2v) is 6.29. The van der Waals surface area contributed by atoms with Crippen molar-refractivity contribution in [3.8, 4) is 0 Å². The first kappa shape index (κ1) is 11.7. The third-order valence-electron chi connectivity index (χ3n) is 2.58. The number of likely N-dealkylation sites (tertiary alicyclic amines) is 1. The van der Waals surface area contributed by atoms with Gasteiger partial charge in [-0.1, -0.05) is 0 Å². The standard InChI is InChI=1S/C9H17NO3S/c1-8(11)7-14(12,13)9-3-5-10(2)6-4-9/h9H,3-7H2,1-2H3. The van der Waals surface area contributed by atoms with Gasteiger partial charge in [0.05, 0.1) is 5.25 Å². The lowest BCUT2D eigenvalue weighted by Crippen LogP contribution is -2.38. The van der Waals surface area contributed by atoms with Crippen molar-refractivity contribution in [2.24, 2.45) is 0 Å². The number of carbonyl (C=O) groups excluding carboxylic acids is 1. The summed E-state index contributed by atoms with van der Waals surface area (Å²) in [5, 5.41) is -0.303. The summed E-state index contributed by atoms with van der Waals surface area (Å²) < 4.78 is 23.3. The number of piperidine rings is 1. The minimum Gasteiger partial charge on any atom is -0.306 e. The van der Waals surface area contributed by atoms with E-state index in [-0.39, 0.29) is 16.8 Å². The van der Waals surface area contributed by atoms with Gasteiger partial charge in [-0.15, -0.1) is 0 Å². The maximum atomic E-state index is 11.7. The van der Waals surface area contributed by atoms with Gasteiger partial charge < -0.3 is 4.90 Å². The van der Waals surface area contributed by atoms with Gasteiger partial charge in [-0.25, -0.2) is 8.42 Å². The monoisotopic (exact) mass is 219 g/mol. The number of nitrogens with zero attached hydrogens (tertiary/aromatic N) is 1. The summed E-state index contributed by atoms with van der Waals surface area (Å²) in [4.78, 5) is 12.9. The Bertz CT molecular complexity index is 302. The lowest BCUT2D eigenvalue weighted by atomic mass is 10.1. The van der Waals surface area contributed by atoms with Crippen LogP contribution in [0.4, 0.5) is 0 Å². The highest BCUT2D eigenvalue weighted by Crippen LogP contribution is 2.17. The highest BCUT2D eigenvalue weighted by atomic mass is 32.2. The Labute approximate surface area is 85.2 Å². The van der Waals surface area contributed by atoms with Crippen LogP contribution < -0.4 is 0 Å². The number of carbonyl (C=O) groups is 1. The molecule has 1 saturated heterocycles. The fourth-order valence-corrected chi connectivity index (χ4v) is 3.48. The SMILES string of the molecule is CC(=O)CS(=O)(=O)C1CCN(C)CC1. The van der Waals surface area contributed by atoms with E-state index in [1.165, 1.54) is 6.92 Å². The lowest BCUT2D eigenvalue weighted by molar-refractivity contribution is -0.114. The lowest BCUT2D eigenvalue weighted by Gasteiger charge is -2.28. The first-order chi connectivity index (χ1) is 6.42. The Morgan fingerprint density at radius 3 is 2.29 bits per heavy atom. The molecule has 1 aliphatic rings. The fraction of sp³-hybridized carbons (Fsp3) is 0.889. The second kappa shape index (κ2) is 4.40. The molecule has 82 valence electrons. The van der Waals surface area contributed by atoms with E-state index in [0.717, 1.165) is 13.1 Å². The summed E-state index contributed by atoms with van der Waals surface area (Å²) in [6.45, 7) is 2.94. The highest BCUT2D eigenvalue weighted by molar-refractivity contribution is 7.92. The summed E-state index contributed by atoms with van der Waals surface area (Å²) >= 11 is 0. The molecule has 0 aliphatic carbocycles. The Morgan fingerprint density at radius 2 is 1.86 bits per heavy atom. The number of sulfone groups is 1. The van der Waals surface area contributed by atoms with Gasteiger partial charge in [0, 0.05) is 0 Å². The van der Waals surface area contributed by atoms with Gasteiger partial charge in [0.1, 0.15) is 11.5 Å². The van der Waals surface area contributed by atoms with Crippen molar-refractivity contribution in [2.75, 3.05) is 25.9 Å². The Morgan fingerprint density at radius 1 is 1.36 bits per heavy atom. The molecule has 0 aromatic rings. The predicted octanol–water partition coefficient (Wildman–Crippen LogP) is 0.0844. The third kappa shape index (κ3) is 3.06. The fourth-order valence-electron chi connectivity index (χ4n) is 1.75. The molecular formula is C9H17NO3S. The zero-order chi connectivity index (χ0) is 10.8. The molecule has 0 atom stereocenters. The van der Waals surface area contributed by atoms with Crippen molar-refractivity contribution in [1.29, 1.82) is 0 Å². The van der Waals surface area contributed by atoms with E-state index < -0.39 is 9.84 Å². The van der Waals surface area contributed by atoms with Crippen LogP contribution in [0, 0.1) is 0 Å². The summed E-state index contributed by atoms with van der Waals surface area (Å²) in [6.07, 6.45) is 1.32. The van der Waals surface area contributed by atoms with Crippen LogP contribution in [-0.2, 0) is 14.6 Å². The molecule has 0 aromatic carbocycles. The normalized spacial score (nSPS) is 21.0. The van der Waals surface area contributed by atoms with Gasteiger partial charge in [0.15, 0.2) is 9.84 Å². The summed E-state index contributed by atoms with van der Waals surface area (Å²) in [6, 6.07) is 0. The average molecular weight is 219 g/mol.